The van der Waals surface area contributed by atoms with E-state index in [1.54, 1.807) is 57.2 Å². The van der Waals surface area contributed by atoms with E-state index in [0.717, 1.165) is 16.6 Å². The Morgan fingerprint density at radius 2 is 1.56 bits per heavy atom. The number of hydrogen-bond acceptors (Lipinski definition) is 4. The van der Waals surface area contributed by atoms with Crippen molar-refractivity contribution in [3.8, 4) is 28.5 Å². The van der Waals surface area contributed by atoms with E-state index >= 15 is 0 Å². The molecule has 3 rings (SSSR count). The Bertz CT molecular complexity index is 993. The molecule has 0 aliphatic heterocycles. The van der Waals surface area contributed by atoms with Crippen molar-refractivity contribution in [1.82, 2.24) is 4.57 Å². The van der Waals surface area contributed by atoms with Crippen LogP contribution in [0.2, 0.25) is 5.02 Å². The van der Waals surface area contributed by atoms with Crippen LogP contribution < -0.4 is 19.8 Å². The van der Waals surface area contributed by atoms with Crippen LogP contribution in [0.5, 0.6) is 17.2 Å². The van der Waals surface area contributed by atoms with Crippen LogP contribution in [0, 0.1) is 0 Å². The van der Waals surface area contributed by atoms with Gasteiger partial charge in [-0.2, -0.15) is 0 Å². The fraction of sp³-hybridized carbons (Fsp3) is 0.211. The Morgan fingerprint density at radius 1 is 0.920 bits per heavy atom. The molecule has 5 nitrogen and oxygen atoms in total. The summed E-state index contributed by atoms with van der Waals surface area (Å²) in [5.41, 5.74) is 1.43. The minimum atomic E-state index is -0.133. The highest BCUT2D eigenvalue weighted by molar-refractivity contribution is 6.30. The maximum absolute atomic E-state index is 12.5. The number of aromatic nitrogens is 1. The Hall–Kier alpha value is -2.66. The van der Waals surface area contributed by atoms with Crippen LogP contribution in [0.1, 0.15) is 0 Å². The predicted octanol–water partition coefficient (Wildman–Crippen LogP) is 3.88. The van der Waals surface area contributed by atoms with Gasteiger partial charge >= 0.3 is 0 Å². The number of nitrogens with zero attached hydrogens (tertiary/aromatic N) is 1. The average Bonchev–Trinajstić information content (AvgIpc) is 2.62. The summed E-state index contributed by atoms with van der Waals surface area (Å²) in [5.74, 6) is 1.49. The first kappa shape index (κ1) is 17.2. The maximum atomic E-state index is 12.5. The molecule has 0 unspecified atom stereocenters. The molecule has 0 fully saturated rings. The van der Waals surface area contributed by atoms with Crippen molar-refractivity contribution in [3.05, 3.63) is 51.8 Å². The fourth-order valence-electron chi connectivity index (χ4n) is 2.99. The first-order chi connectivity index (χ1) is 12.0. The minimum Gasteiger partial charge on any atom is -0.493 e. The van der Waals surface area contributed by atoms with Crippen molar-refractivity contribution >= 4 is 22.4 Å². The number of pyridine rings is 1. The molecular formula is C19H18ClNO4. The van der Waals surface area contributed by atoms with Gasteiger partial charge in [0.1, 0.15) is 0 Å². The van der Waals surface area contributed by atoms with Crippen molar-refractivity contribution in [2.24, 2.45) is 7.05 Å². The fourth-order valence-corrected chi connectivity index (χ4v) is 3.11. The Morgan fingerprint density at radius 3 is 2.12 bits per heavy atom. The van der Waals surface area contributed by atoms with Gasteiger partial charge in [-0.05, 0) is 29.1 Å². The minimum absolute atomic E-state index is 0.133. The molecule has 0 radical (unpaired) electrons. The van der Waals surface area contributed by atoms with E-state index in [-0.39, 0.29) is 5.56 Å². The molecule has 0 saturated carbocycles. The third-order valence-corrected chi connectivity index (χ3v) is 4.41. The van der Waals surface area contributed by atoms with Gasteiger partial charge in [-0.25, -0.2) is 0 Å². The second kappa shape index (κ2) is 6.69. The Balaban J connectivity index is 2.52. The van der Waals surface area contributed by atoms with Crippen LogP contribution in [0.15, 0.2) is 41.2 Å². The lowest BCUT2D eigenvalue weighted by atomic mass is 10.0. The smallest absolute Gasteiger partial charge is 0.251 e. The highest BCUT2D eigenvalue weighted by atomic mass is 35.5. The molecule has 0 spiro atoms. The van der Waals surface area contributed by atoms with E-state index in [1.165, 1.54) is 0 Å². The normalized spacial score (nSPS) is 10.8. The molecule has 0 saturated heterocycles. The van der Waals surface area contributed by atoms with Gasteiger partial charge in [0.25, 0.3) is 5.56 Å². The standard InChI is InChI=1S/C19H18ClNO4/c1-21-15(22)10-12-9-14(23-2)18(24-3)19(25-4)16(12)17(21)11-5-7-13(20)8-6-11/h5-10H,1-4H3. The van der Waals surface area contributed by atoms with Crippen molar-refractivity contribution in [2.45, 2.75) is 0 Å². The third kappa shape index (κ3) is 2.81. The second-order valence-electron chi connectivity index (χ2n) is 5.51. The van der Waals surface area contributed by atoms with Crippen molar-refractivity contribution < 1.29 is 14.2 Å². The molecule has 0 aliphatic carbocycles. The molecule has 0 N–H and O–H groups in total. The summed E-state index contributed by atoms with van der Waals surface area (Å²) in [6, 6.07) is 10.6. The quantitative estimate of drug-likeness (QED) is 0.709. The molecule has 0 aliphatic rings. The van der Waals surface area contributed by atoms with E-state index in [0.29, 0.717) is 27.7 Å². The highest BCUT2D eigenvalue weighted by Crippen LogP contribution is 2.46. The maximum Gasteiger partial charge on any atom is 0.251 e. The van der Waals surface area contributed by atoms with Gasteiger partial charge < -0.3 is 18.8 Å². The van der Waals surface area contributed by atoms with Crippen molar-refractivity contribution in [2.75, 3.05) is 21.3 Å². The summed E-state index contributed by atoms with van der Waals surface area (Å²) in [6.45, 7) is 0. The van der Waals surface area contributed by atoms with Crippen LogP contribution in [0.25, 0.3) is 22.0 Å². The summed E-state index contributed by atoms with van der Waals surface area (Å²) in [5, 5.41) is 2.10. The van der Waals surface area contributed by atoms with Crippen LogP contribution in [-0.2, 0) is 7.05 Å². The zero-order valence-electron chi connectivity index (χ0n) is 14.4. The molecule has 130 valence electrons. The molecule has 1 heterocycles. The van der Waals surface area contributed by atoms with Crippen LogP contribution >= 0.6 is 11.6 Å². The molecule has 0 bridgehead atoms. The predicted molar refractivity (Wildman–Crippen MR) is 99.3 cm³/mol. The van der Waals surface area contributed by atoms with E-state index < -0.39 is 0 Å². The second-order valence-corrected chi connectivity index (χ2v) is 5.94. The van der Waals surface area contributed by atoms with E-state index in [4.69, 9.17) is 25.8 Å². The molecule has 3 aromatic rings. The van der Waals surface area contributed by atoms with E-state index in [1.807, 2.05) is 12.1 Å². The van der Waals surface area contributed by atoms with Crippen LogP contribution in [0.3, 0.4) is 0 Å². The molecular weight excluding hydrogens is 342 g/mol. The van der Waals surface area contributed by atoms with Crippen molar-refractivity contribution in [3.63, 3.8) is 0 Å². The summed E-state index contributed by atoms with van der Waals surface area (Å²) < 4.78 is 18.1. The first-order valence-electron chi connectivity index (χ1n) is 7.60. The number of benzene rings is 2. The highest BCUT2D eigenvalue weighted by Gasteiger charge is 2.21. The first-order valence-corrected chi connectivity index (χ1v) is 7.98. The van der Waals surface area contributed by atoms with Crippen molar-refractivity contribution in [1.29, 1.82) is 0 Å². The summed E-state index contributed by atoms with van der Waals surface area (Å²) in [7, 11) is 6.38. The Kier molecular flexibility index (Phi) is 4.59. The number of halogens is 1. The van der Waals surface area contributed by atoms with Gasteiger partial charge in [0.05, 0.1) is 32.4 Å². The number of fused-ring (bicyclic) bond motifs is 1. The van der Waals surface area contributed by atoms with Gasteiger partial charge in [0, 0.05) is 18.1 Å². The summed E-state index contributed by atoms with van der Waals surface area (Å²) in [4.78, 5) is 12.5. The van der Waals surface area contributed by atoms with Gasteiger partial charge in [0.15, 0.2) is 11.5 Å². The zero-order chi connectivity index (χ0) is 18.1. The molecule has 1 aromatic heterocycles. The van der Waals surface area contributed by atoms with Gasteiger partial charge in [-0.15, -0.1) is 0 Å². The zero-order valence-corrected chi connectivity index (χ0v) is 15.2. The lowest BCUT2D eigenvalue weighted by molar-refractivity contribution is 0.327. The van der Waals surface area contributed by atoms with Gasteiger partial charge in [-0.1, -0.05) is 23.7 Å². The molecule has 2 aromatic carbocycles. The number of hydrogen-bond donors (Lipinski definition) is 0. The molecule has 0 atom stereocenters. The van der Waals surface area contributed by atoms with Gasteiger partial charge in [0.2, 0.25) is 5.75 Å². The Labute approximate surface area is 150 Å². The van der Waals surface area contributed by atoms with Gasteiger partial charge in [-0.3, -0.25) is 4.79 Å². The molecule has 6 heteroatoms. The summed E-state index contributed by atoms with van der Waals surface area (Å²) >= 11 is 6.00. The largest absolute Gasteiger partial charge is 0.493 e. The van der Waals surface area contributed by atoms with Crippen LogP contribution in [0.4, 0.5) is 0 Å². The van der Waals surface area contributed by atoms with E-state index in [2.05, 4.69) is 0 Å². The monoisotopic (exact) mass is 359 g/mol. The SMILES string of the molecule is COc1cc2cc(=O)n(C)c(-c3ccc(Cl)cc3)c2c(OC)c1OC. The molecule has 0 amide bonds. The molecule has 25 heavy (non-hydrogen) atoms. The number of methoxy groups -OCH3 is 3. The number of rotatable bonds is 4. The number of ether oxygens (including phenoxy) is 3. The van der Waals surface area contributed by atoms with Crippen LogP contribution in [-0.4, -0.2) is 25.9 Å². The average molecular weight is 360 g/mol. The lowest BCUT2D eigenvalue weighted by Gasteiger charge is -2.19. The summed E-state index contributed by atoms with van der Waals surface area (Å²) in [6.07, 6.45) is 0. The lowest BCUT2D eigenvalue weighted by Crippen LogP contribution is -2.18. The topological polar surface area (TPSA) is 49.7 Å². The third-order valence-electron chi connectivity index (χ3n) is 4.16. The van der Waals surface area contributed by atoms with E-state index in [9.17, 15) is 4.79 Å².